The molecule has 0 aromatic heterocycles. The van der Waals surface area contributed by atoms with E-state index in [-0.39, 0.29) is 28.7 Å². The van der Waals surface area contributed by atoms with Crippen molar-refractivity contribution in [3.05, 3.63) is 23.8 Å². The van der Waals surface area contributed by atoms with Gasteiger partial charge in [-0.3, -0.25) is 0 Å². The van der Waals surface area contributed by atoms with E-state index in [0.29, 0.717) is 0 Å². The Balaban J connectivity index is 3.26. The molecular weight excluding hydrogens is 202 g/mol. The molecule has 0 aliphatic rings. The number of amidine groups is 1. The van der Waals surface area contributed by atoms with E-state index >= 15 is 0 Å². The predicted octanol–water partition coefficient (Wildman–Crippen LogP) is 1.49. The number of hydrogen-bond acceptors (Lipinski definition) is 3. The van der Waals surface area contributed by atoms with Crippen molar-refractivity contribution < 1.29 is 5.11 Å². The maximum atomic E-state index is 9.41. The van der Waals surface area contributed by atoms with Crippen molar-refractivity contribution in [1.29, 1.82) is 5.26 Å². The van der Waals surface area contributed by atoms with Gasteiger partial charge >= 0.3 is 0 Å². The first-order valence-electron chi connectivity index (χ1n) is 3.80. The molecule has 0 heterocycles. The molecule has 0 atom stereocenters. The van der Waals surface area contributed by atoms with Crippen molar-refractivity contribution in [1.82, 2.24) is 0 Å². The summed E-state index contributed by atoms with van der Waals surface area (Å²) in [6.07, 6.45) is 0. The second-order valence-corrected chi connectivity index (χ2v) is 2.79. The van der Waals surface area contributed by atoms with Gasteiger partial charge in [0.1, 0.15) is 23.3 Å². The van der Waals surface area contributed by atoms with Crippen molar-refractivity contribution in [3.63, 3.8) is 0 Å². The Bertz CT molecular complexity index is 409. The lowest BCUT2D eigenvalue weighted by atomic mass is 10.2. The first-order valence-corrected chi connectivity index (χ1v) is 4.33. The number of aromatic hydroxyl groups is 1. The van der Waals surface area contributed by atoms with Gasteiger partial charge in [-0.2, -0.15) is 5.26 Å². The highest BCUT2D eigenvalue weighted by Gasteiger charge is 2.06. The molecule has 1 rings (SSSR count). The number of nitriles is 1. The number of halogens is 1. The Labute approximate surface area is 86.3 Å². The van der Waals surface area contributed by atoms with E-state index in [1.807, 2.05) is 6.07 Å². The summed E-state index contributed by atoms with van der Waals surface area (Å²) in [7, 11) is 0. The van der Waals surface area contributed by atoms with Crippen LogP contribution in [-0.4, -0.2) is 16.8 Å². The first kappa shape index (κ1) is 10.4. The Morgan fingerprint density at radius 1 is 1.64 bits per heavy atom. The van der Waals surface area contributed by atoms with E-state index in [1.165, 1.54) is 6.07 Å². The van der Waals surface area contributed by atoms with Crippen molar-refractivity contribution in [2.45, 2.75) is 0 Å². The van der Waals surface area contributed by atoms with Gasteiger partial charge in [0.05, 0.1) is 11.4 Å². The molecular formula is C9H8ClN3O. The normalized spacial score (nSPS) is 11.0. The molecule has 0 fully saturated rings. The van der Waals surface area contributed by atoms with Gasteiger partial charge in [-0.1, -0.05) is 6.07 Å². The summed E-state index contributed by atoms with van der Waals surface area (Å²) in [6, 6.07) is 6.43. The van der Waals surface area contributed by atoms with Crippen molar-refractivity contribution in [2.24, 2.45) is 10.7 Å². The summed E-state index contributed by atoms with van der Waals surface area (Å²) in [5, 5.41) is 18.1. The highest BCUT2D eigenvalue weighted by Crippen LogP contribution is 2.29. The van der Waals surface area contributed by atoms with Crippen LogP contribution in [0.25, 0.3) is 0 Å². The second kappa shape index (κ2) is 4.49. The molecule has 4 nitrogen and oxygen atoms in total. The fraction of sp³-hybridized carbons (Fsp3) is 0.111. The molecule has 1 aromatic carbocycles. The van der Waals surface area contributed by atoms with E-state index in [4.69, 9.17) is 22.6 Å². The minimum atomic E-state index is -0.0860. The molecule has 0 radical (unpaired) electrons. The van der Waals surface area contributed by atoms with Crippen LogP contribution in [0.2, 0.25) is 0 Å². The molecule has 0 aliphatic heterocycles. The van der Waals surface area contributed by atoms with Crippen LogP contribution in [0, 0.1) is 11.3 Å². The van der Waals surface area contributed by atoms with Crippen molar-refractivity contribution in [2.75, 3.05) is 5.88 Å². The molecule has 0 unspecified atom stereocenters. The molecule has 3 N–H and O–H groups in total. The van der Waals surface area contributed by atoms with Crippen molar-refractivity contribution >= 4 is 23.1 Å². The number of nitrogens with two attached hydrogens (primary N) is 1. The predicted molar refractivity (Wildman–Crippen MR) is 54.8 cm³/mol. The number of phenolic OH excluding ortho intramolecular Hbond substituents is 1. The lowest BCUT2D eigenvalue weighted by Gasteiger charge is -2.01. The topological polar surface area (TPSA) is 82.4 Å². The van der Waals surface area contributed by atoms with Gasteiger partial charge in [-0.15, -0.1) is 11.6 Å². The number of nitrogens with zero attached hydrogens (tertiary/aromatic N) is 2. The zero-order valence-corrected chi connectivity index (χ0v) is 7.99. The minimum Gasteiger partial charge on any atom is -0.506 e. The van der Waals surface area contributed by atoms with Crippen LogP contribution in [0.5, 0.6) is 5.75 Å². The summed E-state index contributed by atoms with van der Waals surface area (Å²) in [4.78, 5) is 3.84. The third-order valence-electron chi connectivity index (χ3n) is 1.53. The quantitative estimate of drug-likeness (QED) is 0.440. The standard InChI is InChI=1S/C9H8ClN3O/c10-4-8(12)13-9-6(5-11)2-1-3-7(9)14/h1-3,14H,4H2,(H2,12,13). The summed E-state index contributed by atoms with van der Waals surface area (Å²) in [5.41, 5.74) is 5.82. The molecule has 5 heteroatoms. The third-order valence-corrected chi connectivity index (χ3v) is 1.80. The van der Waals surface area contributed by atoms with Crippen LogP contribution in [0.15, 0.2) is 23.2 Å². The van der Waals surface area contributed by atoms with Gasteiger partial charge in [0, 0.05) is 0 Å². The van der Waals surface area contributed by atoms with Gasteiger partial charge in [-0.25, -0.2) is 4.99 Å². The maximum absolute atomic E-state index is 9.41. The van der Waals surface area contributed by atoms with E-state index in [0.717, 1.165) is 0 Å². The molecule has 0 saturated carbocycles. The molecule has 72 valence electrons. The number of alkyl halides is 1. The Morgan fingerprint density at radius 2 is 2.36 bits per heavy atom. The van der Waals surface area contributed by atoms with Crippen LogP contribution in [0.3, 0.4) is 0 Å². The highest BCUT2D eigenvalue weighted by atomic mass is 35.5. The third kappa shape index (κ3) is 2.15. The monoisotopic (exact) mass is 209 g/mol. The number of rotatable bonds is 2. The summed E-state index contributed by atoms with van der Waals surface area (Å²) >= 11 is 5.43. The summed E-state index contributed by atoms with van der Waals surface area (Å²) < 4.78 is 0. The number of benzene rings is 1. The van der Waals surface area contributed by atoms with Gasteiger partial charge < -0.3 is 10.8 Å². The molecule has 0 saturated heterocycles. The molecule has 0 spiro atoms. The number of aliphatic imine (C=N–C) groups is 1. The minimum absolute atomic E-state index is 0.0548. The van der Waals surface area contributed by atoms with Crippen molar-refractivity contribution in [3.8, 4) is 11.8 Å². The first-order chi connectivity index (χ1) is 6.69. The average molecular weight is 210 g/mol. The van der Waals surface area contributed by atoms with E-state index in [9.17, 15) is 5.11 Å². The Morgan fingerprint density at radius 3 is 2.93 bits per heavy atom. The van der Waals surface area contributed by atoms with Crippen LogP contribution < -0.4 is 5.73 Å². The van der Waals surface area contributed by atoms with E-state index < -0.39 is 0 Å². The molecule has 1 aromatic rings. The number of hydrogen-bond donors (Lipinski definition) is 2. The average Bonchev–Trinajstić information content (AvgIpc) is 2.20. The van der Waals surface area contributed by atoms with Gasteiger partial charge in [0.2, 0.25) is 0 Å². The zero-order valence-electron chi connectivity index (χ0n) is 7.24. The largest absolute Gasteiger partial charge is 0.506 e. The fourth-order valence-corrected chi connectivity index (χ4v) is 0.972. The SMILES string of the molecule is N#Cc1cccc(O)c1N=C(N)CCl. The summed E-state index contributed by atoms with van der Waals surface area (Å²) in [6.45, 7) is 0. The highest BCUT2D eigenvalue weighted by molar-refractivity contribution is 6.28. The molecule has 0 amide bonds. The maximum Gasteiger partial charge on any atom is 0.142 e. The van der Waals surface area contributed by atoms with Crippen LogP contribution in [0.4, 0.5) is 5.69 Å². The zero-order chi connectivity index (χ0) is 10.6. The smallest absolute Gasteiger partial charge is 0.142 e. The van der Waals surface area contributed by atoms with Gasteiger partial charge in [-0.05, 0) is 12.1 Å². The number of para-hydroxylation sites is 1. The van der Waals surface area contributed by atoms with Gasteiger partial charge in [0.15, 0.2) is 0 Å². The Kier molecular flexibility index (Phi) is 3.32. The lowest BCUT2D eigenvalue weighted by molar-refractivity contribution is 0.476. The lowest BCUT2D eigenvalue weighted by Crippen LogP contribution is -2.12. The molecule has 0 bridgehead atoms. The van der Waals surface area contributed by atoms with E-state index in [1.54, 1.807) is 12.1 Å². The van der Waals surface area contributed by atoms with Crippen LogP contribution in [-0.2, 0) is 0 Å². The van der Waals surface area contributed by atoms with Crippen LogP contribution >= 0.6 is 11.6 Å². The molecule has 0 aliphatic carbocycles. The fourth-order valence-electron chi connectivity index (χ4n) is 0.913. The number of phenols is 1. The van der Waals surface area contributed by atoms with E-state index in [2.05, 4.69) is 4.99 Å². The Hall–Kier alpha value is -1.73. The van der Waals surface area contributed by atoms with Crippen LogP contribution in [0.1, 0.15) is 5.56 Å². The molecule has 14 heavy (non-hydrogen) atoms. The second-order valence-electron chi connectivity index (χ2n) is 2.52. The summed E-state index contributed by atoms with van der Waals surface area (Å²) in [5.74, 6) is 0.126. The van der Waals surface area contributed by atoms with Gasteiger partial charge in [0.25, 0.3) is 0 Å².